The first-order chi connectivity index (χ1) is 12.5. The standard InChI is InChI=1S/C19H13ClN2O2S2/c1-10-2-7-15(26-10)13-9-25-19-16(13)18(24)21-17(22-19)14(20)8-11-3-5-12(23)6-4-11/h2-9,23H,1H3,(H,21,22,24)/b14-8-. The van der Waals surface area contributed by atoms with Gasteiger partial charge in [-0.3, -0.25) is 4.79 Å². The second-order valence-corrected chi connectivity index (χ2v) is 8.29. The quantitative estimate of drug-likeness (QED) is 0.479. The van der Waals surface area contributed by atoms with Crippen molar-refractivity contribution in [1.82, 2.24) is 9.97 Å². The number of aromatic amines is 1. The van der Waals surface area contributed by atoms with Crippen LogP contribution in [0.1, 0.15) is 16.3 Å². The molecule has 130 valence electrons. The van der Waals surface area contributed by atoms with Crippen LogP contribution in [-0.4, -0.2) is 15.1 Å². The Bertz CT molecular complexity index is 1190. The Hall–Kier alpha value is -2.41. The second-order valence-electron chi connectivity index (χ2n) is 5.74. The van der Waals surface area contributed by atoms with Crippen molar-refractivity contribution in [3.8, 4) is 16.2 Å². The fourth-order valence-corrected chi connectivity index (χ4v) is 4.73. The molecule has 0 spiro atoms. The lowest BCUT2D eigenvalue weighted by atomic mass is 10.2. The van der Waals surface area contributed by atoms with Gasteiger partial charge in [-0.15, -0.1) is 22.7 Å². The Morgan fingerprint density at radius 3 is 2.69 bits per heavy atom. The Labute approximate surface area is 162 Å². The lowest BCUT2D eigenvalue weighted by Gasteiger charge is -2.01. The molecule has 0 amide bonds. The number of hydrogen-bond acceptors (Lipinski definition) is 5. The first kappa shape index (κ1) is 17.0. The molecule has 4 aromatic rings. The summed E-state index contributed by atoms with van der Waals surface area (Å²) >= 11 is 9.43. The summed E-state index contributed by atoms with van der Waals surface area (Å²) in [6.45, 7) is 2.04. The number of aromatic hydroxyl groups is 1. The van der Waals surface area contributed by atoms with Crippen LogP contribution < -0.4 is 5.56 Å². The number of aryl methyl sites for hydroxylation is 1. The van der Waals surface area contributed by atoms with Crippen LogP contribution in [-0.2, 0) is 0 Å². The Balaban J connectivity index is 1.78. The lowest BCUT2D eigenvalue weighted by Crippen LogP contribution is -2.10. The van der Waals surface area contributed by atoms with Gasteiger partial charge in [0, 0.05) is 20.7 Å². The van der Waals surface area contributed by atoms with Crippen LogP contribution in [0.2, 0.25) is 0 Å². The SMILES string of the molecule is Cc1ccc(-c2csc3nc(/C(Cl)=C/c4ccc(O)cc4)[nH]c(=O)c23)s1. The van der Waals surface area contributed by atoms with Gasteiger partial charge in [0.25, 0.3) is 5.56 Å². The highest BCUT2D eigenvalue weighted by Gasteiger charge is 2.15. The van der Waals surface area contributed by atoms with E-state index in [-0.39, 0.29) is 11.3 Å². The molecular formula is C19H13ClN2O2S2. The van der Waals surface area contributed by atoms with Gasteiger partial charge in [0.05, 0.1) is 10.4 Å². The summed E-state index contributed by atoms with van der Waals surface area (Å²) < 4.78 is 0. The van der Waals surface area contributed by atoms with Crippen molar-refractivity contribution >= 4 is 55.6 Å². The molecule has 0 unspecified atom stereocenters. The molecule has 2 N–H and O–H groups in total. The predicted molar refractivity (Wildman–Crippen MR) is 110 cm³/mol. The Morgan fingerprint density at radius 2 is 2.00 bits per heavy atom. The molecule has 0 aliphatic rings. The molecule has 0 aliphatic carbocycles. The zero-order chi connectivity index (χ0) is 18.3. The van der Waals surface area contributed by atoms with Crippen LogP contribution in [0, 0.1) is 6.92 Å². The van der Waals surface area contributed by atoms with E-state index in [9.17, 15) is 9.90 Å². The minimum Gasteiger partial charge on any atom is -0.508 e. The topological polar surface area (TPSA) is 66.0 Å². The first-order valence-electron chi connectivity index (χ1n) is 7.76. The summed E-state index contributed by atoms with van der Waals surface area (Å²) in [5.74, 6) is 0.508. The van der Waals surface area contributed by atoms with Crippen LogP contribution in [0.25, 0.3) is 31.8 Å². The van der Waals surface area contributed by atoms with E-state index in [1.54, 1.807) is 41.7 Å². The van der Waals surface area contributed by atoms with Crippen molar-refractivity contribution < 1.29 is 5.11 Å². The normalized spacial score (nSPS) is 12.0. The molecule has 0 saturated carbocycles. The Morgan fingerprint density at radius 1 is 1.23 bits per heavy atom. The van der Waals surface area contributed by atoms with Crippen molar-refractivity contribution in [1.29, 1.82) is 0 Å². The van der Waals surface area contributed by atoms with E-state index in [0.29, 0.717) is 21.1 Å². The molecule has 0 radical (unpaired) electrons. The number of phenolic OH excluding ortho intramolecular Hbond substituents is 1. The number of H-pyrrole nitrogens is 1. The fraction of sp³-hybridized carbons (Fsp3) is 0.0526. The summed E-state index contributed by atoms with van der Waals surface area (Å²) in [7, 11) is 0. The van der Waals surface area contributed by atoms with Gasteiger partial charge in [0.1, 0.15) is 10.6 Å². The molecule has 0 bridgehead atoms. The molecule has 0 aliphatic heterocycles. The Kier molecular flexibility index (Phi) is 4.40. The van der Waals surface area contributed by atoms with Gasteiger partial charge >= 0.3 is 0 Å². The summed E-state index contributed by atoms with van der Waals surface area (Å²) in [6.07, 6.45) is 1.70. The molecule has 0 fully saturated rings. The van der Waals surface area contributed by atoms with Crippen molar-refractivity contribution in [3.63, 3.8) is 0 Å². The highest BCUT2D eigenvalue weighted by molar-refractivity contribution is 7.19. The molecule has 26 heavy (non-hydrogen) atoms. The molecule has 4 rings (SSSR count). The second kappa shape index (κ2) is 6.72. The first-order valence-corrected chi connectivity index (χ1v) is 9.83. The van der Waals surface area contributed by atoms with E-state index in [4.69, 9.17) is 11.6 Å². The van der Waals surface area contributed by atoms with Crippen LogP contribution in [0.4, 0.5) is 0 Å². The van der Waals surface area contributed by atoms with E-state index in [1.165, 1.54) is 16.2 Å². The average molecular weight is 401 g/mol. The maximum absolute atomic E-state index is 12.7. The van der Waals surface area contributed by atoms with Gasteiger partial charge in [-0.05, 0) is 42.8 Å². The highest BCUT2D eigenvalue weighted by Crippen LogP contribution is 2.35. The lowest BCUT2D eigenvalue weighted by molar-refractivity contribution is 0.475. The molecule has 0 saturated heterocycles. The maximum Gasteiger partial charge on any atom is 0.260 e. The number of rotatable bonds is 3. The number of halogens is 1. The highest BCUT2D eigenvalue weighted by atomic mass is 35.5. The number of nitrogens with zero attached hydrogens (tertiary/aromatic N) is 1. The predicted octanol–water partition coefficient (Wildman–Crippen LogP) is 5.46. The third-order valence-electron chi connectivity index (χ3n) is 3.86. The maximum atomic E-state index is 12.7. The fourth-order valence-electron chi connectivity index (χ4n) is 2.61. The average Bonchev–Trinajstić information content (AvgIpc) is 3.23. The van der Waals surface area contributed by atoms with Crippen LogP contribution >= 0.6 is 34.3 Å². The van der Waals surface area contributed by atoms with Gasteiger partial charge in [-0.1, -0.05) is 23.7 Å². The van der Waals surface area contributed by atoms with E-state index in [1.807, 2.05) is 24.4 Å². The van der Waals surface area contributed by atoms with Gasteiger partial charge in [-0.25, -0.2) is 4.98 Å². The van der Waals surface area contributed by atoms with Crippen molar-refractivity contribution in [2.45, 2.75) is 6.92 Å². The van der Waals surface area contributed by atoms with Crippen LogP contribution in [0.15, 0.2) is 46.6 Å². The molecule has 7 heteroatoms. The van der Waals surface area contributed by atoms with Crippen molar-refractivity contribution in [3.05, 3.63) is 68.4 Å². The number of nitrogens with one attached hydrogen (secondary N) is 1. The van der Waals surface area contributed by atoms with E-state index < -0.39 is 0 Å². The van der Waals surface area contributed by atoms with Crippen LogP contribution in [0.3, 0.4) is 0 Å². The molecular weight excluding hydrogens is 388 g/mol. The number of fused-ring (bicyclic) bond motifs is 1. The summed E-state index contributed by atoms with van der Waals surface area (Å²) in [4.78, 5) is 22.9. The molecule has 3 aromatic heterocycles. The molecule has 3 heterocycles. The summed E-state index contributed by atoms with van der Waals surface area (Å²) in [5.41, 5.74) is 1.50. The van der Waals surface area contributed by atoms with Gasteiger partial charge in [0.15, 0.2) is 5.82 Å². The molecule has 1 aromatic carbocycles. The number of benzene rings is 1. The van der Waals surface area contributed by atoms with Gasteiger partial charge < -0.3 is 10.1 Å². The third-order valence-corrected chi connectivity index (χ3v) is 6.06. The van der Waals surface area contributed by atoms with Crippen molar-refractivity contribution in [2.75, 3.05) is 0 Å². The zero-order valence-corrected chi connectivity index (χ0v) is 16.0. The molecule has 4 nitrogen and oxygen atoms in total. The summed E-state index contributed by atoms with van der Waals surface area (Å²) in [6, 6.07) is 10.7. The number of aromatic nitrogens is 2. The van der Waals surface area contributed by atoms with Gasteiger partial charge in [0.2, 0.25) is 0 Å². The minimum atomic E-state index is -0.204. The van der Waals surface area contributed by atoms with E-state index >= 15 is 0 Å². The van der Waals surface area contributed by atoms with Gasteiger partial charge in [-0.2, -0.15) is 0 Å². The smallest absolute Gasteiger partial charge is 0.260 e. The number of thiophene rings is 2. The van der Waals surface area contributed by atoms with Crippen LogP contribution in [0.5, 0.6) is 5.75 Å². The number of phenols is 1. The van der Waals surface area contributed by atoms with E-state index in [2.05, 4.69) is 9.97 Å². The molecule has 0 atom stereocenters. The number of hydrogen-bond donors (Lipinski definition) is 2. The van der Waals surface area contributed by atoms with Crippen molar-refractivity contribution in [2.24, 2.45) is 0 Å². The minimum absolute atomic E-state index is 0.182. The largest absolute Gasteiger partial charge is 0.508 e. The zero-order valence-electron chi connectivity index (χ0n) is 13.6. The summed E-state index contributed by atoms with van der Waals surface area (Å²) in [5, 5.41) is 12.2. The monoisotopic (exact) mass is 400 g/mol. The third kappa shape index (κ3) is 3.19. The van der Waals surface area contributed by atoms with E-state index in [0.717, 1.165) is 16.0 Å².